The summed E-state index contributed by atoms with van der Waals surface area (Å²) in [5.41, 5.74) is 8.15. The smallest absolute Gasteiger partial charge is 0.256 e. The Kier molecular flexibility index (Phi) is 8.55. The number of nitrogens with two attached hydrogens (primary N) is 1. The molecule has 0 fully saturated rings. The van der Waals surface area contributed by atoms with Crippen LogP contribution in [-0.2, 0) is 4.74 Å². The molecule has 2 aromatic carbocycles. The van der Waals surface area contributed by atoms with Crippen molar-refractivity contribution in [2.24, 2.45) is 0 Å². The van der Waals surface area contributed by atoms with Crippen molar-refractivity contribution in [3.05, 3.63) is 52.5 Å². The van der Waals surface area contributed by atoms with E-state index in [1.807, 2.05) is 19.9 Å². The summed E-state index contributed by atoms with van der Waals surface area (Å²) in [7, 11) is 0. The third kappa shape index (κ3) is 6.12. The summed E-state index contributed by atoms with van der Waals surface area (Å²) in [5, 5.41) is 3.34. The maximum atomic E-state index is 12.5. The lowest BCUT2D eigenvalue weighted by Gasteiger charge is -2.14. The van der Waals surface area contributed by atoms with Gasteiger partial charge in [-0.15, -0.1) is 12.4 Å². The Balaban J connectivity index is 0.00000312. The van der Waals surface area contributed by atoms with Crippen LogP contribution in [0.1, 0.15) is 22.8 Å². The number of anilines is 2. The van der Waals surface area contributed by atoms with Crippen LogP contribution in [-0.4, -0.2) is 25.7 Å². The predicted octanol–water partition coefficient (Wildman–Crippen LogP) is 4.32. The van der Waals surface area contributed by atoms with E-state index in [0.29, 0.717) is 47.5 Å². The van der Waals surface area contributed by atoms with Crippen molar-refractivity contribution in [1.29, 1.82) is 0 Å². The minimum Gasteiger partial charge on any atom is -0.489 e. The molecule has 0 saturated heterocycles. The van der Waals surface area contributed by atoms with E-state index in [4.69, 9.17) is 26.8 Å². The van der Waals surface area contributed by atoms with Gasteiger partial charge in [0.25, 0.3) is 5.91 Å². The number of benzene rings is 2. The molecule has 0 aliphatic heterocycles. The number of amides is 1. The zero-order valence-corrected chi connectivity index (χ0v) is 15.7. The van der Waals surface area contributed by atoms with Gasteiger partial charge in [-0.05, 0) is 49.7 Å². The fraction of sp³-hybridized carbons (Fsp3) is 0.278. The largest absolute Gasteiger partial charge is 0.489 e. The molecule has 25 heavy (non-hydrogen) atoms. The summed E-state index contributed by atoms with van der Waals surface area (Å²) in [6.07, 6.45) is 0. The van der Waals surface area contributed by atoms with Crippen LogP contribution < -0.4 is 15.8 Å². The second-order valence-electron chi connectivity index (χ2n) is 5.21. The zero-order valence-electron chi connectivity index (χ0n) is 14.2. The molecule has 1 amide bonds. The lowest BCUT2D eigenvalue weighted by atomic mass is 10.1. The Bertz CT molecular complexity index is 723. The van der Waals surface area contributed by atoms with Gasteiger partial charge in [-0.3, -0.25) is 4.79 Å². The molecule has 2 rings (SSSR count). The normalized spacial score (nSPS) is 10.0. The van der Waals surface area contributed by atoms with Crippen molar-refractivity contribution in [2.75, 3.05) is 30.9 Å². The van der Waals surface area contributed by atoms with Gasteiger partial charge in [-0.25, -0.2) is 0 Å². The van der Waals surface area contributed by atoms with E-state index in [2.05, 4.69) is 5.32 Å². The van der Waals surface area contributed by atoms with Gasteiger partial charge in [-0.2, -0.15) is 0 Å². The summed E-state index contributed by atoms with van der Waals surface area (Å²) in [6.45, 7) is 5.26. The van der Waals surface area contributed by atoms with Gasteiger partial charge in [0.2, 0.25) is 0 Å². The maximum absolute atomic E-state index is 12.5. The third-order valence-electron chi connectivity index (χ3n) is 3.39. The molecule has 0 spiro atoms. The van der Waals surface area contributed by atoms with E-state index >= 15 is 0 Å². The number of nitrogen functional groups attached to an aromatic ring is 1. The fourth-order valence-electron chi connectivity index (χ4n) is 2.15. The van der Waals surface area contributed by atoms with E-state index in [-0.39, 0.29) is 18.3 Å². The van der Waals surface area contributed by atoms with Crippen molar-refractivity contribution in [2.45, 2.75) is 13.8 Å². The van der Waals surface area contributed by atoms with Gasteiger partial charge >= 0.3 is 0 Å². The third-order valence-corrected chi connectivity index (χ3v) is 3.62. The predicted molar refractivity (Wildman–Crippen MR) is 104 cm³/mol. The molecule has 0 atom stereocenters. The monoisotopic (exact) mass is 384 g/mol. The number of halogens is 2. The Morgan fingerprint density at radius 3 is 2.68 bits per heavy atom. The average Bonchev–Trinajstić information content (AvgIpc) is 2.55. The van der Waals surface area contributed by atoms with Crippen LogP contribution >= 0.6 is 24.0 Å². The summed E-state index contributed by atoms with van der Waals surface area (Å²) in [5.74, 6) is 0.269. The van der Waals surface area contributed by atoms with Crippen molar-refractivity contribution in [3.8, 4) is 5.75 Å². The quantitative estimate of drug-likeness (QED) is 0.550. The SMILES string of the molecule is CCOCCOc1ccc(Cl)cc1NC(=O)c1cc(N)ccc1C.Cl. The number of rotatable bonds is 7. The minimum absolute atomic E-state index is 0. The molecular formula is C18H22Cl2N2O3. The van der Waals surface area contributed by atoms with Gasteiger partial charge in [0, 0.05) is 22.9 Å². The summed E-state index contributed by atoms with van der Waals surface area (Å²) in [6, 6.07) is 10.3. The molecule has 136 valence electrons. The molecule has 0 unspecified atom stereocenters. The van der Waals surface area contributed by atoms with E-state index in [1.165, 1.54) is 0 Å². The van der Waals surface area contributed by atoms with Crippen molar-refractivity contribution in [3.63, 3.8) is 0 Å². The molecule has 0 radical (unpaired) electrons. The molecule has 7 heteroatoms. The van der Waals surface area contributed by atoms with Crippen LogP contribution in [0.2, 0.25) is 5.02 Å². The van der Waals surface area contributed by atoms with E-state index in [9.17, 15) is 4.79 Å². The first-order valence-corrected chi connectivity index (χ1v) is 8.06. The molecular weight excluding hydrogens is 363 g/mol. The first-order chi connectivity index (χ1) is 11.5. The van der Waals surface area contributed by atoms with Crippen LogP contribution in [0.25, 0.3) is 0 Å². The number of carbonyl (C=O) groups is 1. The topological polar surface area (TPSA) is 73.6 Å². The van der Waals surface area contributed by atoms with Crippen molar-refractivity contribution < 1.29 is 14.3 Å². The zero-order chi connectivity index (χ0) is 17.5. The number of carbonyl (C=O) groups excluding carboxylic acids is 1. The average molecular weight is 385 g/mol. The molecule has 0 aromatic heterocycles. The summed E-state index contributed by atoms with van der Waals surface area (Å²) < 4.78 is 10.9. The molecule has 3 N–H and O–H groups in total. The Morgan fingerprint density at radius 1 is 1.20 bits per heavy atom. The first-order valence-electron chi connectivity index (χ1n) is 7.69. The van der Waals surface area contributed by atoms with Gasteiger partial charge in [0.15, 0.2) is 0 Å². The number of ether oxygens (including phenoxy) is 2. The lowest BCUT2D eigenvalue weighted by Crippen LogP contribution is -2.15. The highest BCUT2D eigenvalue weighted by Gasteiger charge is 2.13. The van der Waals surface area contributed by atoms with E-state index < -0.39 is 0 Å². The number of nitrogens with one attached hydrogen (secondary N) is 1. The second-order valence-corrected chi connectivity index (χ2v) is 5.65. The first kappa shape index (κ1) is 21.1. The Labute approximate surface area is 158 Å². The van der Waals surface area contributed by atoms with Crippen LogP contribution in [0.4, 0.5) is 11.4 Å². The lowest BCUT2D eigenvalue weighted by molar-refractivity contribution is 0.102. The van der Waals surface area contributed by atoms with Crippen LogP contribution in [0.15, 0.2) is 36.4 Å². The number of hydrogen-bond donors (Lipinski definition) is 2. The Morgan fingerprint density at radius 2 is 1.96 bits per heavy atom. The van der Waals surface area contributed by atoms with Crippen LogP contribution in [0.5, 0.6) is 5.75 Å². The summed E-state index contributed by atoms with van der Waals surface area (Å²) in [4.78, 5) is 12.5. The van der Waals surface area contributed by atoms with Crippen LogP contribution in [0, 0.1) is 6.92 Å². The van der Waals surface area contributed by atoms with Crippen molar-refractivity contribution in [1.82, 2.24) is 0 Å². The van der Waals surface area contributed by atoms with Gasteiger partial charge in [0.1, 0.15) is 12.4 Å². The van der Waals surface area contributed by atoms with Gasteiger partial charge < -0.3 is 20.5 Å². The molecule has 0 bridgehead atoms. The minimum atomic E-state index is -0.267. The standard InChI is InChI=1S/C18H21ClN2O3.ClH/c1-3-23-8-9-24-17-7-5-13(19)10-16(17)21-18(22)15-11-14(20)6-4-12(15)2;/h4-7,10-11H,3,8-9,20H2,1-2H3,(H,21,22);1H. The van der Waals surface area contributed by atoms with E-state index in [0.717, 1.165) is 5.56 Å². The maximum Gasteiger partial charge on any atom is 0.256 e. The van der Waals surface area contributed by atoms with Gasteiger partial charge in [-0.1, -0.05) is 17.7 Å². The van der Waals surface area contributed by atoms with Crippen LogP contribution in [0.3, 0.4) is 0 Å². The highest BCUT2D eigenvalue weighted by molar-refractivity contribution is 6.31. The number of aryl methyl sites for hydroxylation is 1. The van der Waals surface area contributed by atoms with E-state index in [1.54, 1.807) is 30.3 Å². The molecule has 2 aromatic rings. The summed E-state index contributed by atoms with van der Waals surface area (Å²) >= 11 is 6.04. The Hall–Kier alpha value is -1.95. The molecule has 0 aliphatic carbocycles. The highest BCUT2D eigenvalue weighted by Crippen LogP contribution is 2.29. The molecule has 0 saturated carbocycles. The molecule has 0 heterocycles. The second kappa shape index (κ2) is 10.1. The highest BCUT2D eigenvalue weighted by atomic mass is 35.5. The van der Waals surface area contributed by atoms with Crippen molar-refractivity contribution >= 4 is 41.3 Å². The fourth-order valence-corrected chi connectivity index (χ4v) is 2.33. The van der Waals surface area contributed by atoms with Gasteiger partial charge in [0.05, 0.1) is 12.3 Å². The molecule has 0 aliphatic rings. The number of hydrogen-bond acceptors (Lipinski definition) is 4. The molecule has 5 nitrogen and oxygen atoms in total.